The number of carbonyl (C=O) groups excluding carboxylic acids is 1. The Kier molecular flexibility index (Phi) is 1.85. The van der Waals surface area contributed by atoms with E-state index >= 15 is 0 Å². The Morgan fingerprint density at radius 2 is 2.43 bits per heavy atom. The number of aliphatic hydroxyl groups is 1. The second kappa shape index (κ2) is 2.81. The maximum Gasteiger partial charge on any atom is 0.251 e. The maximum atomic E-state index is 10.8. The number of hydrogen-bond donors (Lipinski definition) is 2. The molecule has 2 rings (SSSR count). The third kappa shape index (κ3) is 1.50. The van der Waals surface area contributed by atoms with Gasteiger partial charge < -0.3 is 10.8 Å². The van der Waals surface area contributed by atoms with Crippen LogP contribution in [0, 0.1) is 0 Å². The molecular weight excluding hydrogens is 182 g/mol. The predicted octanol–water partition coefficient (Wildman–Crippen LogP) is 0.0679. The number of rotatable bonds is 2. The van der Waals surface area contributed by atoms with Crippen LogP contribution >= 0.6 is 0 Å². The molecule has 5 heteroatoms. The molecule has 1 aliphatic carbocycles. The third-order valence-electron chi connectivity index (χ3n) is 2.61. The van der Waals surface area contributed by atoms with Crippen molar-refractivity contribution < 1.29 is 9.90 Å². The quantitative estimate of drug-likeness (QED) is 0.700. The fourth-order valence-electron chi connectivity index (χ4n) is 1.81. The molecule has 0 aromatic carbocycles. The van der Waals surface area contributed by atoms with Crippen molar-refractivity contribution >= 4 is 5.91 Å². The van der Waals surface area contributed by atoms with Gasteiger partial charge in [0.15, 0.2) is 0 Å². The number of amides is 1. The summed E-state index contributed by atoms with van der Waals surface area (Å²) in [6.07, 6.45) is 4.43. The summed E-state index contributed by atoms with van der Waals surface area (Å²) >= 11 is 0. The average molecular weight is 195 g/mol. The van der Waals surface area contributed by atoms with E-state index in [-0.39, 0.29) is 6.04 Å². The average Bonchev–Trinajstić information content (AvgIpc) is 2.47. The van der Waals surface area contributed by atoms with Crippen molar-refractivity contribution in [2.45, 2.75) is 31.4 Å². The predicted molar refractivity (Wildman–Crippen MR) is 49.6 cm³/mol. The molecule has 0 spiro atoms. The summed E-state index contributed by atoms with van der Waals surface area (Å²) in [7, 11) is 0. The van der Waals surface area contributed by atoms with Crippen LogP contribution in [0.5, 0.6) is 0 Å². The highest BCUT2D eigenvalue weighted by atomic mass is 16.3. The van der Waals surface area contributed by atoms with E-state index in [1.807, 2.05) is 0 Å². The summed E-state index contributed by atoms with van der Waals surface area (Å²) in [6, 6.07) is 0.193. The first-order valence-corrected chi connectivity index (χ1v) is 4.54. The van der Waals surface area contributed by atoms with Gasteiger partial charge in [-0.25, -0.2) is 0 Å². The lowest BCUT2D eigenvalue weighted by atomic mass is 9.77. The topological polar surface area (TPSA) is 81.1 Å². The molecule has 0 aliphatic heterocycles. The normalized spacial score (nSPS) is 31.1. The van der Waals surface area contributed by atoms with Crippen LogP contribution in [0.25, 0.3) is 0 Å². The number of aromatic nitrogens is 2. The van der Waals surface area contributed by atoms with Gasteiger partial charge in [0, 0.05) is 6.20 Å². The first-order valence-electron chi connectivity index (χ1n) is 4.54. The van der Waals surface area contributed by atoms with Crippen LogP contribution in [0.2, 0.25) is 0 Å². The smallest absolute Gasteiger partial charge is 0.251 e. The van der Waals surface area contributed by atoms with E-state index < -0.39 is 11.5 Å². The van der Waals surface area contributed by atoms with Gasteiger partial charge in [-0.3, -0.25) is 9.48 Å². The second-order valence-electron chi connectivity index (χ2n) is 4.13. The summed E-state index contributed by atoms with van der Waals surface area (Å²) in [5, 5.41) is 13.6. The zero-order valence-corrected chi connectivity index (χ0v) is 7.97. The van der Waals surface area contributed by atoms with E-state index in [2.05, 4.69) is 5.10 Å². The summed E-state index contributed by atoms with van der Waals surface area (Å²) in [6.45, 7) is 1.79. The zero-order chi connectivity index (χ0) is 10.3. The molecule has 14 heavy (non-hydrogen) atoms. The van der Waals surface area contributed by atoms with Crippen LogP contribution in [-0.2, 0) is 0 Å². The van der Waals surface area contributed by atoms with Crippen molar-refractivity contribution in [2.24, 2.45) is 5.73 Å². The molecule has 1 amide bonds. The molecule has 1 aliphatic rings. The molecule has 0 bridgehead atoms. The van der Waals surface area contributed by atoms with Crippen molar-refractivity contribution in [3.63, 3.8) is 0 Å². The fourth-order valence-corrected chi connectivity index (χ4v) is 1.81. The minimum Gasteiger partial charge on any atom is -0.390 e. The largest absolute Gasteiger partial charge is 0.390 e. The van der Waals surface area contributed by atoms with Gasteiger partial charge in [0.05, 0.1) is 23.4 Å². The molecule has 0 radical (unpaired) electrons. The van der Waals surface area contributed by atoms with Crippen LogP contribution in [0.3, 0.4) is 0 Å². The van der Waals surface area contributed by atoms with E-state index in [0.29, 0.717) is 18.4 Å². The Labute approximate surface area is 81.5 Å². The van der Waals surface area contributed by atoms with Crippen molar-refractivity contribution in [3.05, 3.63) is 18.0 Å². The Morgan fingerprint density at radius 3 is 2.86 bits per heavy atom. The van der Waals surface area contributed by atoms with Gasteiger partial charge in [-0.15, -0.1) is 0 Å². The molecule has 1 heterocycles. The molecule has 1 aromatic heterocycles. The highest BCUT2D eigenvalue weighted by Crippen LogP contribution is 2.40. The molecule has 3 N–H and O–H groups in total. The van der Waals surface area contributed by atoms with E-state index in [4.69, 9.17) is 5.73 Å². The van der Waals surface area contributed by atoms with Crippen molar-refractivity contribution in [1.82, 2.24) is 9.78 Å². The molecule has 1 fully saturated rings. The van der Waals surface area contributed by atoms with Crippen LogP contribution in [-0.4, -0.2) is 26.4 Å². The number of primary amides is 1. The first-order chi connectivity index (χ1) is 6.48. The molecule has 1 aromatic rings. The summed E-state index contributed by atoms with van der Waals surface area (Å²) in [5.74, 6) is -0.470. The van der Waals surface area contributed by atoms with Crippen LogP contribution < -0.4 is 5.73 Å². The SMILES string of the molecule is CC1(O)CC(n2cc(C(N)=O)cn2)C1. The fraction of sp³-hybridized carbons (Fsp3) is 0.556. The Bertz CT molecular complexity index is 362. The minimum absolute atomic E-state index is 0.193. The minimum atomic E-state index is -0.580. The van der Waals surface area contributed by atoms with E-state index in [9.17, 15) is 9.90 Å². The Hall–Kier alpha value is -1.36. The molecule has 0 unspecified atom stereocenters. The van der Waals surface area contributed by atoms with Crippen LogP contribution in [0.1, 0.15) is 36.2 Å². The summed E-state index contributed by atoms with van der Waals surface area (Å²) in [4.78, 5) is 10.8. The second-order valence-corrected chi connectivity index (χ2v) is 4.13. The number of hydrogen-bond acceptors (Lipinski definition) is 3. The van der Waals surface area contributed by atoms with Gasteiger partial charge in [0.2, 0.25) is 0 Å². The lowest BCUT2D eigenvalue weighted by Crippen LogP contribution is -2.42. The van der Waals surface area contributed by atoms with Gasteiger partial charge in [-0.1, -0.05) is 0 Å². The van der Waals surface area contributed by atoms with Crippen molar-refractivity contribution in [3.8, 4) is 0 Å². The third-order valence-corrected chi connectivity index (χ3v) is 2.61. The lowest BCUT2D eigenvalue weighted by Gasteiger charge is -2.40. The van der Waals surface area contributed by atoms with Gasteiger partial charge in [-0.2, -0.15) is 5.10 Å². The number of nitrogens with two attached hydrogens (primary N) is 1. The van der Waals surface area contributed by atoms with Crippen LogP contribution in [0.15, 0.2) is 12.4 Å². The highest BCUT2D eigenvalue weighted by molar-refractivity contribution is 5.92. The van der Waals surface area contributed by atoms with Crippen molar-refractivity contribution in [2.75, 3.05) is 0 Å². The molecule has 0 atom stereocenters. The first kappa shape index (κ1) is 9.21. The van der Waals surface area contributed by atoms with Gasteiger partial charge >= 0.3 is 0 Å². The Balaban J connectivity index is 2.08. The van der Waals surface area contributed by atoms with Gasteiger partial charge in [0.25, 0.3) is 5.91 Å². The molecule has 1 saturated carbocycles. The van der Waals surface area contributed by atoms with E-state index in [1.165, 1.54) is 6.20 Å². The molecule has 76 valence electrons. The summed E-state index contributed by atoms with van der Waals surface area (Å²) in [5.41, 5.74) is 4.93. The maximum absolute atomic E-state index is 10.8. The standard InChI is InChI=1S/C9H13N3O2/c1-9(14)2-7(3-9)12-5-6(4-11-12)8(10)13/h4-5,7,14H,2-3H2,1H3,(H2,10,13). The van der Waals surface area contributed by atoms with Gasteiger partial charge in [-0.05, 0) is 19.8 Å². The van der Waals surface area contributed by atoms with Gasteiger partial charge in [0.1, 0.15) is 0 Å². The lowest BCUT2D eigenvalue weighted by molar-refractivity contribution is -0.0543. The van der Waals surface area contributed by atoms with E-state index in [0.717, 1.165) is 0 Å². The monoisotopic (exact) mass is 195 g/mol. The summed E-state index contributed by atoms with van der Waals surface area (Å²) < 4.78 is 1.69. The Morgan fingerprint density at radius 1 is 1.79 bits per heavy atom. The molecule has 0 saturated heterocycles. The number of nitrogens with zero attached hydrogens (tertiary/aromatic N) is 2. The van der Waals surface area contributed by atoms with E-state index in [1.54, 1.807) is 17.8 Å². The number of carbonyl (C=O) groups is 1. The van der Waals surface area contributed by atoms with Crippen LogP contribution in [0.4, 0.5) is 0 Å². The zero-order valence-electron chi connectivity index (χ0n) is 7.97. The van der Waals surface area contributed by atoms with Crippen molar-refractivity contribution in [1.29, 1.82) is 0 Å². The molecular formula is C9H13N3O2. The highest BCUT2D eigenvalue weighted by Gasteiger charge is 2.39. The molecule has 5 nitrogen and oxygen atoms in total.